The number of morpholine rings is 1. The van der Waals surface area contributed by atoms with E-state index in [1.165, 1.54) is 18.2 Å². The van der Waals surface area contributed by atoms with Crippen LogP contribution in [0.25, 0.3) is 22.2 Å². The van der Waals surface area contributed by atoms with Gasteiger partial charge in [0, 0.05) is 37.4 Å². The number of ether oxygens (including phenoxy) is 2. The standard InChI is InChI=1S/C28H28FN5O5/c29-19-5-3-6-20(16-19)32-28(36)31-17-18-4-1-2-7-21(18)25-24-22(27(30)35)8-9-23(26(24)39-33-25)38-15-12-34-10-13-37-14-11-34/h1-9,16H,10-15,17H2,(H2,30,35)(H2,31,32,36). The zero-order valence-corrected chi connectivity index (χ0v) is 21.1. The van der Waals surface area contributed by atoms with Crippen molar-refractivity contribution in [1.29, 1.82) is 0 Å². The lowest BCUT2D eigenvalue weighted by molar-refractivity contribution is 0.0322. The minimum atomic E-state index is -0.630. The van der Waals surface area contributed by atoms with Gasteiger partial charge in [0.2, 0.25) is 11.5 Å². The van der Waals surface area contributed by atoms with Crippen LogP contribution < -0.4 is 21.1 Å². The maximum absolute atomic E-state index is 13.4. The maximum atomic E-state index is 13.4. The molecule has 10 nitrogen and oxygen atoms in total. The summed E-state index contributed by atoms with van der Waals surface area (Å²) < 4.78 is 30.5. The lowest BCUT2D eigenvalue weighted by atomic mass is 9.98. The number of nitrogens with zero attached hydrogens (tertiary/aromatic N) is 2. The fourth-order valence-electron chi connectivity index (χ4n) is 4.46. The highest BCUT2D eigenvalue weighted by Crippen LogP contribution is 2.37. The first-order valence-corrected chi connectivity index (χ1v) is 12.5. The molecular formula is C28H28FN5O5. The van der Waals surface area contributed by atoms with E-state index >= 15 is 0 Å². The molecule has 202 valence electrons. The topological polar surface area (TPSA) is 132 Å². The zero-order chi connectivity index (χ0) is 27.2. The number of carbonyl (C=O) groups excluding carboxylic acids is 2. The monoisotopic (exact) mass is 533 g/mol. The molecule has 1 aromatic heterocycles. The number of nitrogens with one attached hydrogen (secondary N) is 2. The van der Waals surface area contributed by atoms with Crippen LogP contribution in [-0.2, 0) is 11.3 Å². The molecule has 39 heavy (non-hydrogen) atoms. The molecule has 3 amide bonds. The van der Waals surface area contributed by atoms with Crippen molar-refractivity contribution in [2.45, 2.75) is 6.54 Å². The van der Waals surface area contributed by atoms with Crippen molar-refractivity contribution in [3.8, 4) is 17.0 Å². The average Bonchev–Trinajstić information content (AvgIpc) is 3.38. The van der Waals surface area contributed by atoms with Crippen LogP contribution in [0.15, 0.2) is 65.2 Å². The molecule has 1 aliphatic heterocycles. The van der Waals surface area contributed by atoms with Crippen molar-refractivity contribution >= 4 is 28.6 Å². The molecule has 4 N–H and O–H groups in total. The van der Waals surface area contributed by atoms with E-state index in [4.69, 9.17) is 19.7 Å². The first-order chi connectivity index (χ1) is 19.0. The summed E-state index contributed by atoms with van der Waals surface area (Å²) in [7, 11) is 0. The molecule has 0 atom stereocenters. The Morgan fingerprint density at radius 1 is 1.08 bits per heavy atom. The number of urea groups is 1. The minimum absolute atomic E-state index is 0.132. The van der Waals surface area contributed by atoms with Crippen LogP contribution in [0.5, 0.6) is 5.75 Å². The van der Waals surface area contributed by atoms with Crippen molar-refractivity contribution in [2.24, 2.45) is 5.73 Å². The molecule has 0 radical (unpaired) electrons. The number of anilines is 1. The molecule has 11 heteroatoms. The average molecular weight is 534 g/mol. The smallest absolute Gasteiger partial charge is 0.319 e. The van der Waals surface area contributed by atoms with Gasteiger partial charge in [-0.05, 0) is 35.9 Å². The number of rotatable bonds is 9. The summed E-state index contributed by atoms with van der Waals surface area (Å²) in [6, 6.07) is 15.6. The van der Waals surface area contributed by atoms with Crippen molar-refractivity contribution in [1.82, 2.24) is 15.4 Å². The van der Waals surface area contributed by atoms with E-state index in [1.54, 1.807) is 18.2 Å². The van der Waals surface area contributed by atoms with E-state index in [-0.39, 0.29) is 12.1 Å². The van der Waals surface area contributed by atoms with Gasteiger partial charge < -0.3 is 30.4 Å². The third kappa shape index (κ3) is 6.16. The molecule has 0 saturated carbocycles. The van der Waals surface area contributed by atoms with Gasteiger partial charge in [0.1, 0.15) is 18.1 Å². The molecule has 4 aromatic rings. The van der Waals surface area contributed by atoms with Gasteiger partial charge in [0.15, 0.2) is 5.75 Å². The number of fused-ring (bicyclic) bond motifs is 1. The molecular weight excluding hydrogens is 505 g/mol. The number of halogens is 1. The Bertz CT molecular complexity index is 1480. The molecule has 1 saturated heterocycles. The van der Waals surface area contributed by atoms with Crippen LogP contribution in [0.4, 0.5) is 14.9 Å². The van der Waals surface area contributed by atoms with E-state index < -0.39 is 17.8 Å². The van der Waals surface area contributed by atoms with Crippen molar-refractivity contribution in [3.63, 3.8) is 0 Å². The molecule has 0 aliphatic carbocycles. The minimum Gasteiger partial charge on any atom is -0.488 e. The predicted octanol–water partition coefficient (Wildman–Crippen LogP) is 3.77. The summed E-state index contributed by atoms with van der Waals surface area (Å²) in [4.78, 5) is 27.0. The van der Waals surface area contributed by atoms with Gasteiger partial charge in [-0.3, -0.25) is 9.69 Å². The van der Waals surface area contributed by atoms with Gasteiger partial charge in [0.25, 0.3) is 0 Å². The van der Waals surface area contributed by atoms with Crippen LogP contribution in [0.1, 0.15) is 15.9 Å². The zero-order valence-electron chi connectivity index (χ0n) is 21.1. The lowest BCUT2D eigenvalue weighted by Crippen LogP contribution is -2.38. The molecule has 2 heterocycles. The van der Waals surface area contributed by atoms with Gasteiger partial charge in [-0.1, -0.05) is 35.5 Å². The Balaban J connectivity index is 1.37. The summed E-state index contributed by atoms with van der Waals surface area (Å²) in [6.45, 7) is 4.35. The largest absolute Gasteiger partial charge is 0.488 e. The first kappa shape index (κ1) is 26.1. The lowest BCUT2D eigenvalue weighted by Gasteiger charge is -2.26. The normalized spacial score (nSPS) is 13.8. The first-order valence-electron chi connectivity index (χ1n) is 12.5. The second-order valence-corrected chi connectivity index (χ2v) is 8.99. The molecule has 1 aliphatic rings. The summed E-state index contributed by atoms with van der Waals surface area (Å²) >= 11 is 0. The van der Waals surface area contributed by atoms with E-state index in [2.05, 4.69) is 20.7 Å². The second kappa shape index (κ2) is 11.9. The molecule has 3 aromatic carbocycles. The third-order valence-electron chi connectivity index (χ3n) is 6.42. The number of benzene rings is 3. The summed E-state index contributed by atoms with van der Waals surface area (Å²) in [6.07, 6.45) is 0. The van der Waals surface area contributed by atoms with Crippen molar-refractivity contribution < 1.29 is 28.0 Å². The quantitative estimate of drug-likeness (QED) is 0.298. The highest BCUT2D eigenvalue weighted by Gasteiger charge is 2.23. The van der Waals surface area contributed by atoms with E-state index in [0.29, 0.717) is 53.5 Å². The Labute approximate surface area is 223 Å². The van der Waals surface area contributed by atoms with Crippen molar-refractivity contribution in [2.75, 3.05) is 44.8 Å². The number of aromatic nitrogens is 1. The van der Waals surface area contributed by atoms with E-state index in [1.807, 2.05) is 24.3 Å². The molecule has 1 fully saturated rings. The summed E-state index contributed by atoms with van der Waals surface area (Å²) in [5.74, 6) is -0.632. The maximum Gasteiger partial charge on any atom is 0.319 e. The van der Waals surface area contributed by atoms with Crippen molar-refractivity contribution in [3.05, 3.63) is 77.6 Å². The van der Waals surface area contributed by atoms with Gasteiger partial charge in [-0.25, -0.2) is 9.18 Å². The predicted molar refractivity (Wildman–Crippen MR) is 143 cm³/mol. The van der Waals surface area contributed by atoms with Crippen LogP contribution in [0, 0.1) is 5.82 Å². The van der Waals surface area contributed by atoms with Crippen LogP contribution in [0.2, 0.25) is 0 Å². The van der Waals surface area contributed by atoms with Crippen LogP contribution in [-0.4, -0.2) is 61.4 Å². The fourth-order valence-corrected chi connectivity index (χ4v) is 4.46. The highest BCUT2D eigenvalue weighted by atomic mass is 19.1. The van der Waals surface area contributed by atoms with Gasteiger partial charge in [-0.15, -0.1) is 0 Å². The number of carbonyl (C=O) groups is 2. The third-order valence-corrected chi connectivity index (χ3v) is 6.42. The number of nitrogens with two attached hydrogens (primary N) is 1. The van der Waals surface area contributed by atoms with Gasteiger partial charge >= 0.3 is 6.03 Å². The number of hydrogen-bond donors (Lipinski definition) is 3. The van der Waals surface area contributed by atoms with Crippen LogP contribution in [0.3, 0.4) is 0 Å². The van der Waals surface area contributed by atoms with Gasteiger partial charge in [-0.2, -0.15) is 0 Å². The number of amides is 3. The Hall–Kier alpha value is -4.48. The van der Waals surface area contributed by atoms with E-state index in [9.17, 15) is 14.0 Å². The molecule has 5 rings (SSSR count). The Morgan fingerprint density at radius 3 is 2.69 bits per heavy atom. The SMILES string of the molecule is NC(=O)c1ccc(OCCN2CCOCC2)c2onc(-c3ccccc3CNC(=O)Nc3cccc(F)c3)c12. The molecule has 0 unspecified atom stereocenters. The van der Waals surface area contributed by atoms with E-state index in [0.717, 1.165) is 25.2 Å². The van der Waals surface area contributed by atoms with Gasteiger partial charge in [0.05, 0.1) is 24.2 Å². The summed E-state index contributed by atoms with van der Waals surface area (Å²) in [5, 5.41) is 10.1. The highest BCUT2D eigenvalue weighted by molar-refractivity contribution is 6.11. The Morgan fingerprint density at radius 2 is 1.90 bits per heavy atom. The summed E-state index contributed by atoms with van der Waals surface area (Å²) in [5.41, 5.74) is 8.35. The number of primary amides is 1. The molecule has 0 bridgehead atoms. The Kier molecular flexibility index (Phi) is 7.99. The molecule has 0 spiro atoms. The fraction of sp³-hybridized carbons (Fsp3) is 0.250. The van der Waals surface area contributed by atoms with Crippen LogP contribution >= 0.6 is 0 Å². The number of hydrogen-bond acceptors (Lipinski definition) is 7. The second-order valence-electron chi connectivity index (χ2n) is 8.99.